The molecule has 126 valence electrons. The van der Waals surface area contributed by atoms with Crippen LogP contribution in [0.3, 0.4) is 0 Å². The molecular weight excluding hydrogens is 325 g/mol. The highest BCUT2D eigenvalue weighted by Crippen LogP contribution is 2.23. The summed E-state index contributed by atoms with van der Waals surface area (Å²) in [6, 6.07) is 6.50. The maximum absolute atomic E-state index is 14.7. The number of alkyl halides is 1. The van der Waals surface area contributed by atoms with Crippen molar-refractivity contribution in [2.24, 2.45) is 0 Å². The molecule has 1 aromatic carbocycles. The second-order valence-electron chi connectivity index (χ2n) is 6.10. The Kier molecular flexibility index (Phi) is 6.70. The monoisotopic (exact) mass is 349 g/mol. The van der Waals surface area contributed by atoms with Gasteiger partial charge in [0.2, 0.25) is 15.3 Å². The summed E-state index contributed by atoms with van der Waals surface area (Å²) in [4.78, 5) is -0.0630. The van der Waals surface area contributed by atoms with Crippen molar-refractivity contribution < 1.29 is 17.0 Å². The molecule has 0 aromatic heterocycles. The van der Waals surface area contributed by atoms with Gasteiger partial charge in [-0.1, -0.05) is 31.5 Å². The Morgan fingerprint density at radius 2 is 1.77 bits per heavy atom. The molecule has 0 bridgehead atoms. The molecule has 1 aromatic rings. The first-order valence-electron chi connectivity index (χ1n) is 7.21. The quantitative estimate of drug-likeness (QED) is 0.823. The van der Waals surface area contributed by atoms with Crippen LogP contribution in [-0.2, 0) is 20.8 Å². The summed E-state index contributed by atoms with van der Waals surface area (Å²) in [6.07, 6.45) is 0.874. The van der Waals surface area contributed by atoms with Gasteiger partial charge in [0.15, 0.2) is 0 Å². The molecule has 1 unspecified atom stereocenters. The second kappa shape index (κ2) is 7.66. The van der Waals surface area contributed by atoms with Gasteiger partial charge in [-0.3, -0.25) is 0 Å². The van der Waals surface area contributed by atoms with Crippen LogP contribution < -0.4 is 4.72 Å². The summed E-state index contributed by atoms with van der Waals surface area (Å²) >= 11 is 0. The average molecular weight is 349 g/mol. The van der Waals surface area contributed by atoms with Crippen LogP contribution in [0, 0.1) is 0 Å². The summed E-state index contributed by atoms with van der Waals surface area (Å²) in [5.41, 5.74) is -2.14. The Hall–Kier alpha value is -0.790. The molecule has 3 atom stereocenters. The zero-order valence-electron chi connectivity index (χ0n) is 13.4. The molecule has 0 fully saturated rings. The predicted molar refractivity (Wildman–Crippen MR) is 88.3 cm³/mol. The standard InChI is InChI=1S/C15H24FNO3S2/c1-5-9-13(17-21(18)15(2,3)4)14(16)22(19,20)12-10-7-6-8-11-12/h6-8,10-11,13-14,17H,5,9H2,1-4H3/t13-,14?,21-/m1/s1. The number of sulfone groups is 1. The van der Waals surface area contributed by atoms with Crippen LogP contribution in [0.5, 0.6) is 0 Å². The fourth-order valence-corrected chi connectivity index (χ4v) is 4.21. The summed E-state index contributed by atoms with van der Waals surface area (Å²) in [6.45, 7) is 7.07. The lowest BCUT2D eigenvalue weighted by Crippen LogP contribution is -2.46. The number of nitrogens with one attached hydrogen (secondary N) is 1. The Balaban J connectivity index is 3.03. The number of halogens is 1. The van der Waals surface area contributed by atoms with Gasteiger partial charge in [-0.05, 0) is 39.3 Å². The molecule has 4 nitrogen and oxygen atoms in total. The number of rotatable bonds is 7. The lowest BCUT2D eigenvalue weighted by molar-refractivity contribution is 0.335. The maximum atomic E-state index is 14.7. The van der Waals surface area contributed by atoms with E-state index >= 15 is 0 Å². The molecule has 0 spiro atoms. The number of benzene rings is 1. The van der Waals surface area contributed by atoms with E-state index in [9.17, 15) is 17.0 Å². The molecule has 1 rings (SSSR count). The predicted octanol–water partition coefficient (Wildman–Crippen LogP) is 2.98. The first-order valence-corrected chi connectivity index (χ1v) is 9.91. The second-order valence-corrected chi connectivity index (χ2v) is 10.1. The van der Waals surface area contributed by atoms with Crippen molar-refractivity contribution in [1.29, 1.82) is 0 Å². The SMILES string of the molecule is CCC[C@@H](N[S@](=O)C(C)(C)C)C(F)S(=O)(=O)c1ccccc1. The van der Waals surface area contributed by atoms with Crippen molar-refractivity contribution in [2.75, 3.05) is 0 Å². The first kappa shape index (κ1) is 19.3. The minimum Gasteiger partial charge on any atom is -0.242 e. The van der Waals surface area contributed by atoms with Crippen molar-refractivity contribution >= 4 is 20.8 Å². The van der Waals surface area contributed by atoms with Crippen LogP contribution in [-0.4, -0.2) is 28.9 Å². The minimum atomic E-state index is -4.12. The zero-order valence-corrected chi connectivity index (χ0v) is 15.0. The molecule has 0 saturated carbocycles. The normalized spacial score (nSPS) is 17.0. The summed E-state index contributed by atoms with van der Waals surface area (Å²) < 4.78 is 53.6. The molecule has 0 radical (unpaired) electrons. The smallest absolute Gasteiger partial charge is 0.221 e. The molecule has 0 heterocycles. The highest BCUT2D eigenvalue weighted by molar-refractivity contribution is 7.92. The van der Waals surface area contributed by atoms with E-state index in [-0.39, 0.29) is 11.3 Å². The highest BCUT2D eigenvalue weighted by Gasteiger charge is 2.36. The number of hydrogen-bond acceptors (Lipinski definition) is 3. The van der Waals surface area contributed by atoms with Crippen molar-refractivity contribution in [3.8, 4) is 0 Å². The molecule has 0 aliphatic carbocycles. The van der Waals surface area contributed by atoms with E-state index in [1.165, 1.54) is 12.1 Å². The van der Waals surface area contributed by atoms with E-state index in [0.29, 0.717) is 6.42 Å². The van der Waals surface area contributed by atoms with Crippen LogP contribution in [0.4, 0.5) is 4.39 Å². The van der Waals surface area contributed by atoms with Gasteiger partial charge in [0.05, 0.1) is 26.7 Å². The lowest BCUT2D eigenvalue weighted by Gasteiger charge is -2.26. The highest BCUT2D eigenvalue weighted by atomic mass is 32.2. The fourth-order valence-electron chi connectivity index (χ4n) is 1.83. The molecule has 1 N–H and O–H groups in total. The van der Waals surface area contributed by atoms with Crippen LogP contribution in [0.1, 0.15) is 40.5 Å². The van der Waals surface area contributed by atoms with Gasteiger partial charge >= 0.3 is 0 Å². The zero-order chi connectivity index (χ0) is 17.0. The molecule has 0 saturated heterocycles. The Bertz CT molecular complexity index is 597. The minimum absolute atomic E-state index is 0.0630. The molecule has 0 amide bonds. The van der Waals surface area contributed by atoms with Crippen LogP contribution in [0.25, 0.3) is 0 Å². The van der Waals surface area contributed by atoms with Gasteiger partial charge < -0.3 is 0 Å². The third-order valence-electron chi connectivity index (χ3n) is 3.10. The van der Waals surface area contributed by atoms with Crippen LogP contribution in [0.15, 0.2) is 35.2 Å². The molecule has 0 aliphatic rings. The fraction of sp³-hybridized carbons (Fsp3) is 0.600. The van der Waals surface area contributed by atoms with Gasteiger partial charge in [-0.25, -0.2) is 21.7 Å². The van der Waals surface area contributed by atoms with Gasteiger partial charge in [0, 0.05) is 0 Å². The van der Waals surface area contributed by atoms with E-state index in [1.807, 2.05) is 6.92 Å². The van der Waals surface area contributed by atoms with Crippen LogP contribution in [0.2, 0.25) is 0 Å². The van der Waals surface area contributed by atoms with E-state index in [2.05, 4.69) is 4.72 Å². The number of hydrogen-bond donors (Lipinski definition) is 1. The van der Waals surface area contributed by atoms with Crippen molar-refractivity contribution in [3.05, 3.63) is 30.3 Å². The largest absolute Gasteiger partial charge is 0.242 e. The van der Waals surface area contributed by atoms with Crippen molar-refractivity contribution in [1.82, 2.24) is 4.72 Å². The Morgan fingerprint density at radius 1 is 1.23 bits per heavy atom. The topological polar surface area (TPSA) is 63.2 Å². The summed E-state index contributed by atoms with van der Waals surface area (Å²) in [5.74, 6) is 0. The average Bonchev–Trinajstić information content (AvgIpc) is 2.45. The summed E-state index contributed by atoms with van der Waals surface area (Å²) in [5, 5.41) is 0. The van der Waals surface area contributed by atoms with E-state index < -0.39 is 37.1 Å². The first-order chi connectivity index (χ1) is 10.1. The van der Waals surface area contributed by atoms with Crippen molar-refractivity contribution in [3.63, 3.8) is 0 Å². The van der Waals surface area contributed by atoms with E-state index in [0.717, 1.165) is 0 Å². The van der Waals surface area contributed by atoms with Gasteiger partial charge in [-0.2, -0.15) is 0 Å². The van der Waals surface area contributed by atoms with Gasteiger partial charge in [-0.15, -0.1) is 0 Å². The lowest BCUT2D eigenvalue weighted by atomic mass is 10.2. The summed E-state index contributed by atoms with van der Waals surface area (Å²) in [7, 11) is -5.65. The van der Waals surface area contributed by atoms with Gasteiger partial charge in [0.1, 0.15) is 0 Å². The van der Waals surface area contributed by atoms with Crippen LogP contribution >= 0.6 is 0 Å². The van der Waals surface area contributed by atoms with Crippen molar-refractivity contribution in [2.45, 2.75) is 61.7 Å². The Labute approximate surface area is 135 Å². The molecule has 22 heavy (non-hydrogen) atoms. The maximum Gasteiger partial charge on any atom is 0.221 e. The van der Waals surface area contributed by atoms with E-state index in [1.54, 1.807) is 39.0 Å². The molecule has 0 aliphatic heterocycles. The third-order valence-corrected chi connectivity index (χ3v) is 6.58. The third kappa shape index (κ3) is 4.86. The molecule has 7 heteroatoms. The molecular formula is C15H24FNO3S2. The van der Waals surface area contributed by atoms with Gasteiger partial charge in [0.25, 0.3) is 0 Å². The van der Waals surface area contributed by atoms with E-state index in [4.69, 9.17) is 0 Å². The Morgan fingerprint density at radius 3 is 2.23 bits per heavy atom.